The number of benzene rings is 2. The minimum Gasteiger partial charge on any atom is -0.497 e. The monoisotopic (exact) mass is 374 g/mol. The van der Waals surface area contributed by atoms with Crippen LogP contribution in [0.25, 0.3) is 0 Å². The molecular formula is C16H14N4OS3. The molecule has 0 aromatic heterocycles. The molecule has 0 saturated heterocycles. The Kier molecular flexibility index (Phi) is 4.50. The van der Waals surface area contributed by atoms with Crippen LogP contribution in [0.4, 0.5) is 11.4 Å². The van der Waals surface area contributed by atoms with E-state index in [2.05, 4.69) is 20.6 Å². The van der Waals surface area contributed by atoms with E-state index in [1.165, 1.54) is 0 Å². The molecule has 0 fully saturated rings. The molecule has 2 aromatic carbocycles. The van der Waals surface area contributed by atoms with Gasteiger partial charge in [-0.3, -0.25) is 0 Å². The molecule has 5 nitrogen and oxygen atoms in total. The minimum absolute atomic E-state index is 0.0885. The first-order valence-corrected chi connectivity index (χ1v) is 11.1. The van der Waals surface area contributed by atoms with Crippen LogP contribution in [0, 0.1) is 0 Å². The minimum atomic E-state index is -0.0885. The van der Waals surface area contributed by atoms with E-state index in [1.54, 1.807) is 28.7 Å². The highest BCUT2D eigenvalue weighted by Gasteiger charge is 2.26. The molecule has 1 unspecified atom stereocenters. The maximum absolute atomic E-state index is 5.17. The summed E-state index contributed by atoms with van der Waals surface area (Å²) in [6.07, 6.45) is 0. The third kappa shape index (κ3) is 3.45. The molecule has 2 aliphatic heterocycles. The van der Waals surface area contributed by atoms with Crippen molar-refractivity contribution in [1.29, 1.82) is 0 Å². The van der Waals surface area contributed by atoms with Gasteiger partial charge < -0.3 is 15.4 Å². The van der Waals surface area contributed by atoms with Crippen molar-refractivity contribution in [2.45, 2.75) is 0 Å². The Morgan fingerprint density at radius 1 is 0.833 bits per heavy atom. The highest BCUT2D eigenvalue weighted by Crippen LogP contribution is 2.53. The van der Waals surface area contributed by atoms with Crippen LogP contribution in [0.15, 0.2) is 64.6 Å². The lowest BCUT2D eigenvalue weighted by atomic mass is 10.3. The lowest BCUT2D eigenvalue weighted by Gasteiger charge is -2.08. The standard InChI is InChI=1S/C16H14N4OS3/c1-21-13-9-7-12(8-10-13)18-15-20-16-19-14(22-24(16)23-15)17-11-5-3-2-4-6-11/h2-10H,1H3,(H,17,19)(H,18,20). The molecule has 2 aromatic rings. The van der Waals surface area contributed by atoms with Crippen molar-refractivity contribution in [3.63, 3.8) is 0 Å². The first kappa shape index (κ1) is 15.6. The first-order valence-electron chi connectivity index (χ1n) is 7.18. The van der Waals surface area contributed by atoms with Crippen LogP contribution in [-0.2, 0) is 0 Å². The molecule has 0 aliphatic carbocycles. The molecule has 8 heteroatoms. The maximum atomic E-state index is 5.17. The van der Waals surface area contributed by atoms with Gasteiger partial charge in [-0.15, -0.1) is 0 Å². The zero-order valence-electron chi connectivity index (χ0n) is 12.7. The van der Waals surface area contributed by atoms with Crippen LogP contribution in [0.1, 0.15) is 0 Å². The van der Waals surface area contributed by atoms with Crippen LogP contribution in [0.3, 0.4) is 0 Å². The summed E-state index contributed by atoms with van der Waals surface area (Å²) in [6.45, 7) is 0. The number of para-hydroxylation sites is 1. The van der Waals surface area contributed by atoms with Gasteiger partial charge in [0, 0.05) is 11.4 Å². The lowest BCUT2D eigenvalue weighted by Crippen LogP contribution is -2.08. The number of nitrogens with one attached hydrogen (secondary N) is 2. The zero-order chi connectivity index (χ0) is 16.4. The molecule has 0 saturated carbocycles. The van der Waals surface area contributed by atoms with Crippen molar-refractivity contribution < 1.29 is 4.74 Å². The smallest absolute Gasteiger partial charge is 0.203 e. The molecule has 122 valence electrons. The van der Waals surface area contributed by atoms with Crippen LogP contribution < -0.4 is 15.4 Å². The summed E-state index contributed by atoms with van der Waals surface area (Å²) < 4.78 is 5.17. The quantitative estimate of drug-likeness (QED) is 0.607. The van der Waals surface area contributed by atoms with Gasteiger partial charge in [0.25, 0.3) is 0 Å². The number of ether oxygens (including phenoxy) is 1. The second-order valence-electron chi connectivity index (χ2n) is 4.86. The van der Waals surface area contributed by atoms with Crippen molar-refractivity contribution >= 4 is 57.0 Å². The second kappa shape index (κ2) is 6.92. The zero-order valence-corrected chi connectivity index (χ0v) is 15.2. The van der Waals surface area contributed by atoms with E-state index >= 15 is 0 Å². The number of aliphatic imine (C=N–C) groups is 2. The Morgan fingerprint density at radius 3 is 1.96 bits per heavy atom. The highest BCUT2D eigenvalue weighted by molar-refractivity contribution is 9.21. The van der Waals surface area contributed by atoms with Gasteiger partial charge >= 0.3 is 0 Å². The van der Waals surface area contributed by atoms with Crippen LogP contribution in [-0.4, -0.2) is 22.6 Å². The van der Waals surface area contributed by atoms with Crippen LogP contribution in [0.2, 0.25) is 0 Å². The Morgan fingerprint density at radius 2 is 1.42 bits per heavy atom. The topological polar surface area (TPSA) is 58.0 Å². The Bertz CT molecular complexity index is 847. The normalized spacial score (nSPS) is 18.7. The summed E-state index contributed by atoms with van der Waals surface area (Å²) in [6, 6.07) is 17.9. The molecule has 2 aliphatic rings. The molecule has 0 bridgehead atoms. The summed E-state index contributed by atoms with van der Waals surface area (Å²) in [5.41, 5.74) is 2.03. The van der Waals surface area contributed by atoms with Gasteiger partial charge in [-0.2, -0.15) is 9.98 Å². The summed E-state index contributed by atoms with van der Waals surface area (Å²) in [5.74, 6) is 0.839. The summed E-state index contributed by atoms with van der Waals surface area (Å²) in [5, 5.41) is 9.31. The van der Waals surface area contributed by atoms with Gasteiger partial charge in [-0.05, 0) is 66.5 Å². The van der Waals surface area contributed by atoms with E-state index in [9.17, 15) is 0 Å². The van der Waals surface area contributed by atoms with Crippen molar-refractivity contribution in [2.24, 2.45) is 9.98 Å². The fourth-order valence-corrected chi connectivity index (χ4v) is 7.37. The number of rotatable bonds is 3. The molecule has 2 heterocycles. The van der Waals surface area contributed by atoms with E-state index in [1.807, 2.05) is 54.6 Å². The molecule has 0 amide bonds. The fraction of sp³-hybridized carbons (Fsp3) is 0.0625. The Hall–Kier alpha value is -1.90. The average molecular weight is 375 g/mol. The van der Waals surface area contributed by atoms with Crippen molar-refractivity contribution in [3.05, 3.63) is 54.6 Å². The summed E-state index contributed by atoms with van der Waals surface area (Å²) in [7, 11) is 4.99. The van der Waals surface area contributed by atoms with E-state index < -0.39 is 0 Å². The first-order chi connectivity index (χ1) is 11.8. The molecule has 0 radical (unpaired) electrons. The van der Waals surface area contributed by atoms with Crippen LogP contribution >= 0.6 is 30.1 Å². The van der Waals surface area contributed by atoms with Gasteiger partial charge in [0.2, 0.25) is 5.11 Å². The third-order valence-corrected chi connectivity index (χ3v) is 8.68. The van der Waals surface area contributed by atoms with Gasteiger partial charge in [0.1, 0.15) is 5.75 Å². The number of hydrogen-bond acceptors (Lipinski definition) is 7. The summed E-state index contributed by atoms with van der Waals surface area (Å²) in [4.78, 5) is 9.19. The van der Waals surface area contributed by atoms with Gasteiger partial charge in [-0.1, -0.05) is 18.2 Å². The highest BCUT2D eigenvalue weighted by atomic mass is 33.5. The molecule has 2 N–H and O–H groups in total. The third-order valence-electron chi connectivity index (χ3n) is 3.22. The van der Waals surface area contributed by atoms with E-state index in [4.69, 9.17) is 4.74 Å². The van der Waals surface area contributed by atoms with Gasteiger partial charge in [0.15, 0.2) is 10.3 Å². The number of amidine groups is 2. The molecule has 1 atom stereocenters. The lowest BCUT2D eigenvalue weighted by molar-refractivity contribution is 0.415. The molecular weight excluding hydrogens is 360 g/mol. The van der Waals surface area contributed by atoms with Crippen molar-refractivity contribution in [2.75, 3.05) is 17.7 Å². The average Bonchev–Trinajstić information content (AvgIpc) is 3.14. The predicted molar refractivity (Wildman–Crippen MR) is 109 cm³/mol. The van der Waals surface area contributed by atoms with Gasteiger partial charge in [-0.25, -0.2) is 0 Å². The number of methoxy groups -OCH3 is 1. The SMILES string of the molecule is COc1ccc(NC2=NC3=S(SC(Nc4ccccc4)=N3)S2)cc1. The van der Waals surface area contributed by atoms with Crippen molar-refractivity contribution in [3.8, 4) is 5.75 Å². The second-order valence-corrected chi connectivity index (χ2v) is 10.4. The van der Waals surface area contributed by atoms with Crippen molar-refractivity contribution in [1.82, 2.24) is 0 Å². The maximum Gasteiger partial charge on any atom is 0.203 e. The fourth-order valence-electron chi connectivity index (χ4n) is 2.09. The summed E-state index contributed by atoms with van der Waals surface area (Å²) >= 11 is 0. The Labute approximate surface area is 149 Å². The number of hydrogen-bond donors (Lipinski definition) is 2. The molecule has 4 rings (SSSR count). The largest absolute Gasteiger partial charge is 0.497 e. The molecule has 24 heavy (non-hydrogen) atoms. The number of anilines is 2. The molecule has 0 spiro atoms. The van der Waals surface area contributed by atoms with E-state index in [-0.39, 0.29) is 8.55 Å². The van der Waals surface area contributed by atoms with E-state index in [0.717, 1.165) is 32.6 Å². The predicted octanol–water partition coefficient (Wildman–Crippen LogP) is 4.61. The Balaban J connectivity index is 1.40. The van der Waals surface area contributed by atoms with Gasteiger partial charge in [0.05, 0.1) is 7.11 Å². The van der Waals surface area contributed by atoms with E-state index in [0.29, 0.717) is 0 Å². The van der Waals surface area contributed by atoms with Crippen LogP contribution in [0.5, 0.6) is 5.75 Å². The number of nitrogens with zero attached hydrogens (tertiary/aromatic N) is 2.